The number of aromatic hydroxyl groups is 1. The average molecular weight is 421 g/mol. The van der Waals surface area contributed by atoms with Crippen molar-refractivity contribution in [3.63, 3.8) is 0 Å². The second kappa shape index (κ2) is 6.71. The summed E-state index contributed by atoms with van der Waals surface area (Å²) in [5, 5.41) is 49.2. The van der Waals surface area contributed by atoms with Crippen molar-refractivity contribution in [2.75, 3.05) is 0 Å². The van der Waals surface area contributed by atoms with Gasteiger partial charge in [-0.1, -0.05) is 11.6 Å². The number of amides is 1. The lowest BCUT2D eigenvalue weighted by Crippen LogP contribution is -2.41. The van der Waals surface area contributed by atoms with Crippen molar-refractivity contribution in [2.24, 2.45) is 11.7 Å². The summed E-state index contributed by atoms with van der Waals surface area (Å²) in [6, 6.07) is 2.54. The van der Waals surface area contributed by atoms with Gasteiger partial charge in [-0.15, -0.1) is 0 Å². The summed E-state index contributed by atoms with van der Waals surface area (Å²) in [6.07, 6.45) is -0.717. The van der Waals surface area contributed by atoms with Crippen molar-refractivity contribution in [3.05, 3.63) is 50.9 Å². The number of primary amides is 1. The number of Topliss-reactive ketones (excluding diaryl/α,β-unsaturated/α-hetero) is 2. The Morgan fingerprint density at radius 3 is 2.48 bits per heavy atom. The van der Waals surface area contributed by atoms with E-state index in [1.165, 1.54) is 19.1 Å². The molecule has 1 amide bonds. The number of carbonyl (C=O) groups is 3. The van der Waals surface area contributed by atoms with Crippen LogP contribution >= 0.6 is 11.6 Å². The summed E-state index contributed by atoms with van der Waals surface area (Å²) in [4.78, 5) is 36.4. The fraction of sp³-hybridized carbons (Fsp3) is 0.263. The van der Waals surface area contributed by atoms with E-state index < -0.39 is 63.8 Å². The van der Waals surface area contributed by atoms with E-state index in [1.54, 1.807) is 0 Å². The summed E-state index contributed by atoms with van der Waals surface area (Å²) >= 11 is 6.15. The molecular weight excluding hydrogens is 404 g/mol. The van der Waals surface area contributed by atoms with Crippen LogP contribution in [0.3, 0.4) is 0 Å². The first-order chi connectivity index (χ1) is 13.4. The number of ketones is 2. The number of benzene rings is 1. The summed E-state index contributed by atoms with van der Waals surface area (Å²) in [5.41, 5.74) is 1.01. The number of fused-ring (bicyclic) bond motifs is 1. The van der Waals surface area contributed by atoms with Gasteiger partial charge < -0.3 is 26.2 Å². The molecule has 29 heavy (non-hydrogen) atoms. The number of phenols is 1. The highest BCUT2D eigenvalue weighted by atomic mass is 35.5. The Morgan fingerprint density at radius 1 is 1.28 bits per heavy atom. The number of allylic oxidation sites excluding steroid dienone is 2. The molecule has 152 valence electrons. The van der Waals surface area contributed by atoms with Gasteiger partial charge in [0.15, 0.2) is 11.5 Å². The highest BCUT2D eigenvalue weighted by Crippen LogP contribution is 2.48. The molecule has 7 N–H and O–H groups in total. The SMILES string of the molecule is C[C@@]1(O)c2c(Cl)ccc(O)c2C(=O)C[C@@H]1CC1=C(O)C(=N)C(C(N)=O)=C(O)C1=O. The maximum absolute atomic E-state index is 12.6. The lowest BCUT2D eigenvalue weighted by molar-refractivity contribution is -0.118. The smallest absolute Gasteiger partial charge is 0.254 e. The van der Waals surface area contributed by atoms with Crippen LogP contribution in [0.4, 0.5) is 0 Å². The molecule has 0 saturated carbocycles. The number of nitrogens with one attached hydrogen (secondary N) is 1. The first-order valence-electron chi connectivity index (χ1n) is 8.46. The van der Waals surface area contributed by atoms with Crippen molar-refractivity contribution in [2.45, 2.75) is 25.4 Å². The Bertz CT molecular complexity index is 1070. The molecule has 2 aliphatic rings. The Hall–Kier alpha value is -3.17. The standard InChI is InChI=1S/C19H17ClN2O7/c1-19(29)6(5-10(24)11-9(23)3-2-8(20)13(11)19)4-7-15(25)14(21)12(18(22)28)17(27)16(7)26/h2-3,6,21,23,25,27,29H,4-5H2,1H3,(H2,22,28)/t6-,19-/m0/s1. The maximum atomic E-state index is 12.6. The molecule has 0 unspecified atom stereocenters. The summed E-state index contributed by atoms with van der Waals surface area (Å²) in [5.74, 6) is -6.24. The van der Waals surface area contributed by atoms with E-state index in [0.29, 0.717) is 0 Å². The van der Waals surface area contributed by atoms with Crippen LogP contribution in [0.1, 0.15) is 35.7 Å². The van der Waals surface area contributed by atoms with Crippen LogP contribution in [-0.4, -0.2) is 43.6 Å². The highest BCUT2D eigenvalue weighted by molar-refractivity contribution is 6.34. The number of aliphatic hydroxyl groups excluding tert-OH is 2. The van der Waals surface area contributed by atoms with Gasteiger partial charge in [0.2, 0.25) is 5.78 Å². The van der Waals surface area contributed by atoms with Gasteiger partial charge in [-0.3, -0.25) is 19.8 Å². The Balaban J connectivity index is 2.07. The van der Waals surface area contributed by atoms with Crippen molar-refractivity contribution in [3.8, 4) is 5.75 Å². The molecule has 10 heteroatoms. The van der Waals surface area contributed by atoms with Crippen molar-refractivity contribution < 1.29 is 34.8 Å². The van der Waals surface area contributed by atoms with E-state index in [0.717, 1.165) is 0 Å². The van der Waals surface area contributed by atoms with Gasteiger partial charge in [0, 0.05) is 28.5 Å². The first-order valence-corrected chi connectivity index (χ1v) is 8.84. The molecule has 2 atom stereocenters. The Kier molecular flexibility index (Phi) is 4.76. The molecule has 1 aromatic carbocycles. The lowest BCUT2D eigenvalue weighted by atomic mass is 9.68. The number of rotatable bonds is 3. The van der Waals surface area contributed by atoms with E-state index in [9.17, 15) is 34.8 Å². The molecule has 0 aromatic heterocycles. The minimum Gasteiger partial charge on any atom is -0.507 e. The number of halogens is 1. The predicted octanol–water partition coefficient (Wildman–Crippen LogP) is 1.56. The largest absolute Gasteiger partial charge is 0.507 e. The molecule has 0 spiro atoms. The van der Waals surface area contributed by atoms with E-state index in [1.807, 2.05) is 0 Å². The summed E-state index contributed by atoms with van der Waals surface area (Å²) in [7, 11) is 0. The number of aliphatic hydroxyl groups is 3. The van der Waals surface area contributed by atoms with Crippen LogP contribution in [-0.2, 0) is 15.2 Å². The second-order valence-electron chi connectivity index (χ2n) is 7.11. The zero-order chi connectivity index (χ0) is 21.8. The molecule has 2 aliphatic carbocycles. The first kappa shape index (κ1) is 20.6. The molecule has 0 fully saturated rings. The van der Waals surface area contributed by atoms with Crippen LogP contribution in [0.5, 0.6) is 5.75 Å². The molecular formula is C19H17ClN2O7. The molecule has 0 heterocycles. The summed E-state index contributed by atoms with van der Waals surface area (Å²) in [6.45, 7) is 1.34. The molecule has 3 rings (SSSR count). The number of carbonyl (C=O) groups excluding carboxylic acids is 3. The van der Waals surface area contributed by atoms with Crippen LogP contribution in [0, 0.1) is 11.3 Å². The predicted molar refractivity (Wildman–Crippen MR) is 101 cm³/mol. The van der Waals surface area contributed by atoms with E-state index >= 15 is 0 Å². The summed E-state index contributed by atoms with van der Waals surface area (Å²) < 4.78 is 0. The van der Waals surface area contributed by atoms with Crippen molar-refractivity contribution >= 4 is 34.8 Å². The van der Waals surface area contributed by atoms with Gasteiger partial charge >= 0.3 is 0 Å². The number of phenolic OH excluding ortho intramolecular Hbond substituents is 1. The molecule has 1 aromatic rings. The normalized spacial score (nSPS) is 24.8. The van der Waals surface area contributed by atoms with Gasteiger partial charge in [-0.25, -0.2) is 0 Å². The van der Waals surface area contributed by atoms with Gasteiger partial charge in [0.1, 0.15) is 22.8 Å². The van der Waals surface area contributed by atoms with E-state index in [-0.39, 0.29) is 28.3 Å². The molecule has 0 radical (unpaired) electrons. The fourth-order valence-corrected chi connectivity index (χ4v) is 4.12. The Labute approximate surface area is 169 Å². The number of nitrogens with two attached hydrogens (primary N) is 1. The van der Waals surface area contributed by atoms with Crippen LogP contribution in [0.25, 0.3) is 0 Å². The molecule has 0 bridgehead atoms. The van der Waals surface area contributed by atoms with Gasteiger partial charge in [-0.05, 0) is 25.5 Å². The zero-order valence-electron chi connectivity index (χ0n) is 15.1. The average Bonchev–Trinajstić information content (AvgIpc) is 2.62. The second-order valence-corrected chi connectivity index (χ2v) is 7.52. The third-order valence-electron chi connectivity index (χ3n) is 5.34. The van der Waals surface area contributed by atoms with Crippen molar-refractivity contribution in [1.29, 1.82) is 5.41 Å². The fourth-order valence-electron chi connectivity index (χ4n) is 3.77. The monoisotopic (exact) mass is 420 g/mol. The van der Waals surface area contributed by atoms with Gasteiger partial charge in [0.25, 0.3) is 5.91 Å². The third-order valence-corrected chi connectivity index (χ3v) is 5.65. The number of hydrogen-bond donors (Lipinski definition) is 6. The molecule has 0 aliphatic heterocycles. The van der Waals surface area contributed by atoms with E-state index in [2.05, 4.69) is 0 Å². The Morgan fingerprint density at radius 2 is 1.90 bits per heavy atom. The van der Waals surface area contributed by atoms with Gasteiger partial charge in [0.05, 0.1) is 11.2 Å². The van der Waals surface area contributed by atoms with Crippen LogP contribution < -0.4 is 5.73 Å². The van der Waals surface area contributed by atoms with Crippen LogP contribution in [0.2, 0.25) is 5.02 Å². The quantitative estimate of drug-likeness (QED) is 0.401. The topological polar surface area (TPSA) is 182 Å². The molecule has 0 saturated heterocycles. The number of hydrogen-bond acceptors (Lipinski definition) is 8. The zero-order valence-corrected chi connectivity index (χ0v) is 15.9. The third kappa shape index (κ3) is 2.99. The van der Waals surface area contributed by atoms with Crippen molar-refractivity contribution in [1.82, 2.24) is 0 Å². The van der Waals surface area contributed by atoms with Gasteiger partial charge in [-0.2, -0.15) is 0 Å². The van der Waals surface area contributed by atoms with Crippen LogP contribution in [0.15, 0.2) is 34.8 Å². The van der Waals surface area contributed by atoms with E-state index in [4.69, 9.17) is 22.7 Å². The lowest BCUT2D eigenvalue weighted by Gasteiger charge is -2.39. The maximum Gasteiger partial charge on any atom is 0.254 e. The highest BCUT2D eigenvalue weighted by Gasteiger charge is 2.47. The minimum absolute atomic E-state index is 0.0172. The minimum atomic E-state index is -1.79. The molecule has 9 nitrogen and oxygen atoms in total.